The third-order valence-corrected chi connectivity index (χ3v) is 6.14. The molecule has 0 aromatic heterocycles. The van der Waals surface area contributed by atoms with Crippen LogP contribution in [0.2, 0.25) is 5.21 Å². The molecular weight excluding hydrogens is 257 g/mol. The van der Waals surface area contributed by atoms with E-state index < -0.39 is 13.8 Å². The summed E-state index contributed by atoms with van der Waals surface area (Å²) in [5.41, 5.74) is 0.637. The van der Waals surface area contributed by atoms with E-state index >= 15 is 0 Å². The van der Waals surface area contributed by atoms with Gasteiger partial charge in [-0.3, -0.25) is 0 Å². The molecule has 82 valence electrons. The molecule has 1 amide bonds. The van der Waals surface area contributed by atoms with Crippen LogP contribution in [0.1, 0.15) is 13.8 Å². The van der Waals surface area contributed by atoms with Crippen molar-refractivity contribution in [3.05, 3.63) is 24.3 Å². The van der Waals surface area contributed by atoms with Gasteiger partial charge in [0.2, 0.25) is 0 Å². The first-order valence-electron chi connectivity index (χ1n) is 4.66. The topological polar surface area (TPSA) is 66.4 Å². The van der Waals surface area contributed by atoms with E-state index in [4.69, 9.17) is 0 Å². The van der Waals surface area contributed by atoms with Crippen LogP contribution >= 0.6 is 0 Å². The van der Waals surface area contributed by atoms with Gasteiger partial charge in [-0.05, 0) is 0 Å². The summed E-state index contributed by atoms with van der Waals surface area (Å²) < 4.78 is 21.7. The molecule has 0 aliphatic rings. The number of carbonyl (C=O) groups excluding carboxylic acids is 1. The zero-order chi connectivity index (χ0) is 11.5. The van der Waals surface area contributed by atoms with Crippen molar-refractivity contribution in [3.63, 3.8) is 0 Å². The average molecular weight is 271 g/mol. The molecule has 0 saturated carbocycles. The van der Waals surface area contributed by atoms with Crippen molar-refractivity contribution in [1.29, 1.82) is 0 Å². The Hall–Kier alpha value is -0.992. The molecule has 2 N–H and O–H groups in total. The molecular formula is C10H14AsNO3. The van der Waals surface area contributed by atoms with Gasteiger partial charge in [0.05, 0.1) is 0 Å². The molecule has 0 fully saturated rings. The molecule has 0 aliphatic heterocycles. The zero-order valence-corrected chi connectivity index (χ0v) is 10.6. The number of amides is 1. The van der Waals surface area contributed by atoms with Crippen molar-refractivity contribution in [2.45, 2.75) is 19.1 Å². The number of rotatable bonds is 3. The number of nitrogens with one attached hydrogen (secondary N) is 1. The summed E-state index contributed by atoms with van der Waals surface area (Å²) >= 11 is -3.82. The van der Waals surface area contributed by atoms with Gasteiger partial charge in [0.15, 0.2) is 0 Å². The minimum atomic E-state index is -3.82. The van der Waals surface area contributed by atoms with Crippen LogP contribution in [-0.4, -0.2) is 23.8 Å². The molecule has 15 heavy (non-hydrogen) atoms. The van der Waals surface area contributed by atoms with Gasteiger partial charge in [0.1, 0.15) is 0 Å². The Labute approximate surface area is 91.3 Å². The van der Waals surface area contributed by atoms with Crippen molar-refractivity contribution in [2.24, 2.45) is 0 Å². The third kappa shape index (κ3) is 3.25. The van der Waals surface area contributed by atoms with Gasteiger partial charge in [-0.2, -0.15) is 0 Å². The van der Waals surface area contributed by atoms with Crippen LogP contribution in [0.15, 0.2) is 24.3 Å². The van der Waals surface area contributed by atoms with E-state index in [1.54, 1.807) is 31.2 Å². The fourth-order valence-electron chi connectivity index (χ4n) is 1.16. The predicted molar refractivity (Wildman–Crippen MR) is 59.5 cm³/mol. The Morgan fingerprint density at radius 2 is 1.93 bits per heavy atom. The van der Waals surface area contributed by atoms with Gasteiger partial charge >= 0.3 is 91.0 Å². The molecule has 1 rings (SSSR count). The van der Waals surface area contributed by atoms with Crippen LogP contribution in [0.3, 0.4) is 0 Å². The Morgan fingerprint density at radius 1 is 1.40 bits per heavy atom. The van der Waals surface area contributed by atoms with Crippen LogP contribution < -0.4 is 9.67 Å². The van der Waals surface area contributed by atoms with E-state index in [0.717, 1.165) is 0 Å². The minimum absolute atomic E-state index is 0.157. The summed E-state index contributed by atoms with van der Waals surface area (Å²) in [5, 5.41) is 2.87. The summed E-state index contributed by atoms with van der Waals surface area (Å²) in [6.45, 7) is 3.11. The van der Waals surface area contributed by atoms with Gasteiger partial charge in [-0.25, -0.2) is 0 Å². The molecule has 0 aliphatic carbocycles. The zero-order valence-electron chi connectivity index (χ0n) is 8.73. The van der Waals surface area contributed by atoms with Gasteiger partial charge in [-0.1, -0.05) is 0 Å². The summed E-state index contributed by atoms with van der Waals surface area (Å²) in [4.78, 5) is 10.7. The van der Waals surface area contributed by atoms with Crippen molar-refractivity contribution < 1.29 is 12.6 Å². The van der Waals surface area contributed by atoms with Crippen LogP contribution in [0.5, 0.6) is 0 Å². The van der Waals surface area contributed by atoms with Crippen molar-refractivity contribution in [2.75, 3.05) is 5.32 Å². The molecule has 1 atom stereocenters. The first-order valence-corrected chi connectivity index (χ1v) is 8.53. The Morgan fingerprint density at radius 3 is 2.33 bits per heavy atom. The van der Waals surface area contributed by atoms with Crippen molar-refractivity contribution in [3.8, 4) is 0 Å². The van der Waals surface area contributed by atoms with Crippen molar-refractivity contribution in [1.82, 2.24) is 0 Å². The number of benzene rings is 1. The predicted octanol–water partition coefficient (Wildman–Crippen LogP) is 0.737. The van der Waals surface area contributed by atoms with Gasteiger partial charge in [0, 0.05) is 0 Å². The van der Waals surface area contributed by atoms with Gasteiger partial charge < -0.3 is 0 Å². The van der Waals surface area contributed by atoms with Crippen LogP contribution in [0.4, 0.5) is 5.69 Å². The Kier molecular flexibility index (Phi) is 3.77. The third-order valence-electron chi connectivity index (χ3n) is 2.02. The quantitative estimate of drug-likeness (QED) is 0.797. The normalized spacial score (nSPS) is 14.3. The molecule has 0 bridgehead atoms. The maximum absolute atomic E-state index is 11.6. The molecule has 1 unspecified atom stereocenters. The number of hydrogen-bond acceptors (Lipinski definition) is 2. The molecule has 5 heteroatoms. The van der Waals surface area contributed by atoms with Crippen LogP contribution in [0.25, 0.3) is 0 Å². The van der Waals surface area contributed by atoms with E-state index in [2.05, 4.69) is 5.32 Å². The van der Waals surface area contributed by atoms with Crippen LogP contribution in [-0.2, 0) is 8.53 Å². The summed E-state index contributed by atoms with van der Waals surface area (Å²) in [6, 6.07) is 6.46. The molecule has 0 saturated heterocycles. The second-order valence-electron chi connectivity index (χ2n) is 3.25. The number of anilines is 1. The summed E-state index contributed by atoms with van der Waals surface area (Å²) in [5.74, 6) is -0.157. The number of hydrogen-bond donors (Lipinski definition) is 2. The average Bonchev–Trinajstić information content (AvgIpc) is 2.18. The van der Waals surface area contributed by atoms with E-state index in [1.807, 2.05) is 0 Å². The Balaban J connectivity index is 2.90. The first kappa shape index (κ1) is 12.1. The summed E-state index contributed by atoms with van der Waals surface area (Å²) in [6.07, 6.45) is 0. The molecule has 0 heterocycles. The SMILES string of the molecule is CC[As](=O)(O)c1ccc(NC(C)=O)cc1. The molecule has 0 spiro atoms. The number of carbonyl (C=O) groups is 1. The van der Waals surface area contributed by atoms with E-state index in [0.29, 0.717) is 10.0 Å². The molecule has 1 aromatic carbocycles. The fraction of sp³-hybridized carbons (Fsp3) is 0.300. The van der Waals surface area contributed by atoms with E-state index in [-0.39, 0.29) is 11.1 Å². The molecule has 1 aromatic rings. The second-order valence-corrected chi connectivity index (χ2v) is 8.60. The van der Waals surface area contributed by atoms with Gasteiger partial charge in [0.25, 0.3) is 0 Å². The maximum atomic E-state index is 11.6. The van der Waals surface area contributed by atoms with E-state index in [1.165, 1.54) is 6.92 Å². The second kappa shape index (κ2) is 4.69. The Bertz CT molecular complexity index is 400. The van der Waals surface area contributed by atoms with E-state index in [9.17, 15) is 12.6 Å². The summed E-state index contributed by atoms with van der Waals surface area (Å²) in [7, 11) is 0. The molecule has 4 nitrogen and oxygen atoms in total. The monoisotopic (exact) mass is 271 g/mol. The molecule has 0 radical (unpaired) electrons. The van der Waals surface area contributed by atoms with Crippen molar-refractivity contribution >= 4 is 29.8 Å². The van der Waals surface area contributed by atoms with Crippen LogP contribution in [0, 0.1) is 0 Å². The first-order chi connectivity index (χ1) is 6.95. The fourth-order valence-corrected chi connectivity index (χ4v) is 3.22. The standard InChI is InChI=1S/C10H14AsNO3/c1-3-11(14,15)9-4-6-10(7-5-9)12-8(2)13/h4-7H,3H2,1-2H3,(H,12,13)(H,14,15). The van der Waals surface area contributed by atoms with Gasteiger partial charge in [-0.15, -0.1) is 0 Å².